The normalized spacial score (nSPS) is 15.2. The van der Waals surface area contributed by atoms with E-state index in [0.717, 1.165) is 6.42 Å². The summed E-state index contributed by atoms with van der Waals surface area (Å²) in [6, 6.07) is 11.7. The van der Waals surface area contributed by atoms with E-state index in [1.807, 2.05) is 0 Å². The van der Waals surface area contributed by atoms with E-state index in [2.05, 4.69) is 5.32 Å². The lowest BCUT2D eigenvalue weighted by molar-refractivity contribution is -0.119. The molecule has 1 saturated heterocycles. The summed E-state index contributed by atoms with van der Waals surface area (Å²) in [6.07, 6.45) is 1.31. The van der Waals surface area contributed by atoms with Gasteiger partial charge < -0.3 is 24.4 Å². The Morgan fingerprint density at radius 3 is 2.69 bits per heavy atom. The summed E-state index contributed by atoms with van der Waals surface area (Å²) in [6.45, 7) is 1.14. The molecule has 2 aromatic rings. The zero-order valence-corrected chi connectivity index (χ0v) is 15.7. The molecule has 0 spiro atoms. The number of nitrogens with one attached hydrogen (secondary N) is 1. The van der Waals surface area contributed by atoms with Crippen molar-refractivity contribution in [2.45, 2.75) is 12.8 Å². The minimum absolute atomic E-state index is 0.0364. The van der Waals surface area contributed by atoms with Crippen molar-refractivity contribution in [2.75, 3.05) is 36.6 Å². The molecule has 0 aromatic heterocycles. The molecule has 8 heteroatoms. The number of esters is 1. The molecule has 2 amide bonds. The Morgan fingerprint density at radius 2 is 1.90 bits per heavy atom. The first-order valence-electron chi connectivity index (χ1n) is 9.37. The third-order valence-corrected chi connectivity index (χ3v) is 4.63. The molecule has 0 unspecified atom stereocenters. The number of fused-ring (bicyclic) bond motifs is 1. The molecular weight excluding hydrogens is 376 g/mol. The molecule has 2 aliphatic rings. The highest BCUT2D eigenvalue weighted by Gasteiger charge is 2.22. The second-order valence-corrected chi connectivity index (χ2v) is 6.68. The van der Waals surface area contributed by atoms with E-state index < -0.39 is 18.5 Å². The Balaban J connectivity index is 1.33. The van der Waals surface area contributed by atoms with Gasteiger partial charge in [-0.15, -0.1) is 0 Å². The molecule has 2 aliphatic heterocycles. The molecule has 2 heterocycles. The van der Waals surface area contributed by atoms with E-state index in [-0.39, 0.29) is 11.5 Å². The highest BCUT2D eigenvalue weighted by molar-refractivity contribution is 5.98. The highest BCUT2D eigenvalue weighted by Crippen LogP contribution is 2.32. The highest BCUT2D eigenvalue weighted by atomic mass is 16.6. The van der Waals surface area contributed by atoms with Crippen LogP contribution in [0.15, 0.2) is 42.5 Å². The van der Waals surface area contributed by atoms with Crippen LogP contribution in [0.4, 0.5) is 11.4 Å². The van der Waals surface area contributed by atoms with Crippen LogP contribution in [0.5, 0.6) is 11.5 Å². The Hall–Kier alpha value is -3.55. The zero-order chi connectivity index (χ0) is 20.2. The van der Waals surface area contributed by atoms with Gasteiger partial charge in [-0.25, -0.2) is 4.79 Å². The smallest absolute Gasteiger partial charge is 0.338 e. The Kier molecular flexibility index (Phi) is 5.33. The molecule has 0 saturated carbocycles. The summed E-state index contributed by atoms with van der Waals surface area (Å²) in [4.78, 5) is 37.9. The zero-order valence-electron chi connectivity index (χ0n) is 15.7. The minimum atomic E-state index is -0.629. The maximum atomic E-state index is 12.3. The van der Waals surface area contributed by atoms with Crippen molar-refractivity contribution in [1.29, 1.82) is 0 Å². The monoisotopic (exact) mass is 396 g/mol. The lowest BCUT2D eigenvalue weighted by atomic mass is 10.2. The standard InChI is InChI=1S/C21H20N2O6/c24-19(22-15-6-7-17-18(12-15)28-10-9-27-17)13-29-21(26)14-3-1-4-16(11-14)23-8-2-5-20(23)25/h1,3-4,6-7,11-12H,2,5,8-10,13H2,(H,22,24). The van der Waals surface area contributed by atoms with Crippen LogP contribution >= 0.6 is 0 Å². The number of amides is 2. The molecule has 150 valence electrons. The van der Waals surface area contributed by atoms with Gasteiger partial charge in [-0.05, 0) is 36.8 Å². The van der Waals surface area contributed by atoms with Crippen LogP contribution in [0.25, 0.3) is 0 Å². The molecule has 1 N–H and O–H groups in total. The van der Waals surface area contributed by atoms with Crippen LogP contribution in [0.2, 0.25) is 0 Å². The van der Waals surface area contributed by atoms with E-state index in [1.165, 1.54) is 0 Å². The van der Waals surface area contributed by atoms with Gasteiger partial charge in [0, 0.05) is 30.4 Å². The fourth-order valence-corrected chi connectivity index (χ4v) is 3.25. The summed E-state index contributed by atoms with van der Waals surface area (Å²) < 4.78 is 16.0. The number of anilines is 2. The van der Waals surface area contributed by atoms with Crippen molar-refractivity contribution in [3.05, 3.63) is 48.0 Å². The van der Waals surface area contributed by atoms with Gasteiger partial charge in [-0.3, -0.25) is 9.59 Å². The van der Waals surface area contributed by atoms with Crippen LogP contribution in [0, 0.1) is 0 Å². The lowest BCUT2D eigenvalue weighted by Gasteiger charge is -2.19. The fourth-order valence-electron chi connectivity index (χ4n) is 3.25. The van der Waals surface area contributed by atoms with Crippen molar-refractivity contribution in [3.8, 4) is 11.5 Å². The minimum Gasteiger partial charge on any atom is -0.486 e. The summed E-state index contributed by atoms with van der Waals surface area (Å²) in [7, 11) is 0. The van der Waals surface area contributed by atoms with Crippen molar-refractivity contribution in [2.24, 2.45) is 0 Å². The number of hydrogen-bond donors (Lipinski definition) is 1. The molecule has 0 atom stereocenters. The summed E-state index contributed by atoms with van der Waals surface area (Å²) >= 11 is 0. The predicted molar refractivity (Wildman–Crippen MR) is 104 cm³/mol. The van der Waals surface area contributed by atoms with Crippen molar-refractivity contribution in [1.82, 2.24) is 0 Å². The molecular formula is C21H20N2O6. The number of carbonyl (C=O) groups excluding carboxylic acids is 3. The summed E-state index contributed by atoms with van der Waals surface area (Å²) in [5, 5.41) is 2.66. The van der Waals surface area contributed by atoms with Crippen molar-refractivity contribution in [3.63, 3.8) is 0 Å². The maximum absolute atomic E-state index is 12.3. The largest absolute Gasteiger partial charge is 0.486 e. The number of benzene rings is 2. The van der Waals surface area contributed by atoms with Gasteiger partial charge in [-0.1, -0.05) is 6.07 Å². The summed E-state index contributed by atoms with van der Waals surface area (Å²) in [5.41, 5.74) is 1.46. The lowest BCUT2D eigenvalue weighted by Crippen LogP contribution is -2.24. The van der Waals surface area contributed by atoms with Gasteiger partial charge in [0.15, 0.2) is 18.1 Å². The van der Waals surface area contributed by atoms with E-state index in [1.54, 1.807) is 47.4 Å². The second-order valence-electron chi connectivity index (χ2n) is 6.68. The second kappa shape index (κ2) is 8.22. The first kappa shape index (κ1) is 18.8. The average Bonchev–Trinajstić information content (AvgIpc) is 3.18. The molecule has 4 rings (SSSR count). The fraction of sp³-hybridized carbons (Fsp3) is 0.286. The van der Waals surface area contributed by atoms with Crippen molar-refractivity contribution < 1.29 is 28.6 Å². The third kappa shape index (κ3) is 4.31. The van der Waals surface area contributed by atoms with Crippen LogP contribution < -0.4 is 19.7 Å². The number of nitrogens with zero attached hydrogens (tertiary/aromatic N) is 1. The molecule has 1 fully saturated rings. The van der Waals surface area contributed by atoms with Gasteiger partial charge in [0.2, 0.25) is 5.91 Å². The molecule has 8 nitrogen and oxygen atoms in total. The first-order chi connectivity index (χ1) is 14.1. The predicted octanol–water partition coefficient (Wildman–Crippen LogP) is 2.38. The number of rotatable bonds is 5. The third-order valence-electron chi connectivity index (χ3n) is 4.63. The van der Waals surface area contributed by atoms with Gasteiger partial charge in [-0.2, -0.15) is 0 Å². The van der Waals surface area contributed by atoms with Gasteiger partial charge in [0.05, 0.1) is 5.56 Å². The number of ether oxygens (including phenoxy) is 3. The molecule has 2 aromatic carbocycles. The van der Waals surface area contributed by atoms with Crippen LogP contribution in [0.1, 0.15) is 23.2 Å². The topological polar surface area (TPSA) is 94.2 Å². The van der Waals surface area contributed by atoms with Gasteiger partial charge in [0.1, 0.15) is 13.2 Å². The molecule has 0 bridgehead atoms. The Morgan fingerprint density at radius 1 is 1.07 bits per heavy atom. The molecule has 0 aliphatic carbocycles. The maximum Gasteiger partial charge on any atom is 0.338 e. The van der Waals surface area contributed by atoms with Gasteiger partial charge in [0.25, 0.3) is 5.91 Å². The number of hydrogen-bond acceptors (Lipinski definition) is 6. The summed E-state index contributed by atoms with van der Waals surface area (Å²) in [5.74, 6) is 0.113. The SMILES string of the molecule is O=C(COC(=O)c1cccc(N2CCCC2=O)c1)Nc1ccc2c(c1)OCCO2. The Labute approximate surface area is 167 Å². The van der Waals surface area contributed by atoms with Crippen LogP contribution in [-0.4, -0.2) is 44.1 Å². The van der Waals surface area contributed by atoms with Gasteiger partial charge >= 0.3 is 5.97 Å². The van der Waals surface area contributed by atoms with E-state index in [4.69, 9.17) is 14.2 Å². The first-order valence-corrected chi connectivity index (χ1v) is 9.37. The van der Waals surface area contributed by atoms with E-state index in [9.17, 15) is 14.4 Å². The molecule has 29 heavy (non-hydrogen) atoms. The van der Waals surface area contributed by atoms with E-state index >= 15 is 0 Å². The van der Waals surface area contributed by atoms with Crippen molar-refractivity contribution >= 4 is 29.2 Å². The number of carbonyl (C=O) groups is 3. The van der Waals surface area contributed by atoms with Crippen LogP contribution in [-0.2, 0) is 14.3 Å². The van der Waals surface area contributed by atoms with E-state index in [0.29, 0.717) is 49.1 Å². The molecule has 0 radical (unpaired) electrons. The van der Waals surface area contributed by atoms with Crippen LogP contribution in [0.3, 0.4) is 0 Å². The average molecular weight is 396 g/mol. The Bertz CT molecular complexity index is 958. The quantitative estimate of drug-likeness (QED) is 0.780.